The van der Waals surface area contributed by atoms with Gasteiger partial charge in [0.15, 0.2) is 11.5 Å². The van der Waals surface area contributed by atoms with Crippen LogP contribution >= 0.6 is 0 Å². The summed E-state index contributed by atoms with van der Waals surface area (Å²) in [5, 5.41) is 40.3. The highest BCUT2D eigenvalue weighted by atomic mass is 16.6. The van der Waals surface area contributed by atoms with Gasteiger partial charge >= 0.3 is 5.69 Å². The number of nitriles is 2. The number of rotatable bonds is 10. The van der Waals surface area contributed by atoms with Crippen LogP contribution in [0.15, 0.2) is 65.8 Å². The molecule has 1 aliphatic rings. The second-order valence-electron chi connectivity index (χ2n) is 9.98. The Morgan fingerprint density at radius 3 is 2.41 bits per heavy atom. The lowest BCUT2D eigenvalue weighted by Crippen LogP contribution is -2.21. The first-order valence-electron chi connectivity index (χ1n) is 12.2. The molecule has 0 aromatic heterocycles. The summed E-state index contributed by atoms with van der Waals surface area (Å²) < 4.78 is 11.2. The Hall–Kier alpha value is -4.96. The van der Waals surface area contributed by atoms with Crippen molar-refractivity contribution >= 4 is 17.5 Å². The maximum atomic E-state index is 11.4. The molecule has 0 saturated carbocycles. The van der Waals surface area contributed by atoms with Gasteiger partial charge < -0.3 is 9.47 Å². The summed E-state index contributed by atoms with van der Waals surface area (Å²) in [5.41, 5.74) is 1.32. The average molecular weight is 529 g/mol. The van der Waals surface area contributed by atoms with Gasteiger partial charge in [0.1, 0.15) is 17.7 Å². The van der Waals surface area contributed by atoms with Gasteiger partial charge in [0, 0.05) is 6.07 Å². The van der Waals surface area contributed by atoms with Crippen molar-refractivity contribution < 1.29 is 19.3 Å². The molecular formula is C29H28N4O6. The van der Waals surface area contributed by atoms with Crippen molar-refractivity contribution in [2.45, 2.75) is 39.5 Å². The van der Waals surface area contributed by atoms with E-state index in [4.69, 9.17) is 20.0 Å². The van der Waals surface area contributed by atoms with E-state index in [0.717, 1.165) is 37.0 Å². The van der Waals surface area contributed by atoms with Crippen molar-refractivity contribution in [1.29, 1.82) is 10.5 Å². The molecule has 1 aliphatic carbocycles. The number of ether oxygens (including phenoxy) is 2. The summed E-state index contributed by atoms with van der Waals surface area (Å²) in [7, 11) is 1.45. The van der Waals surface area contributed by atoms with Crippen LogP contribution in [0.3, 0.4) is 0 Å². The third kappa shape index (κ3) is 7.76. The van der Waals surface area contributed by atoms with Gasteiger partial charge in [0.05, 0.1) is 23.0 Å². The van der Waals surface area contributed by atoms with Gasteiger partial charge in [0.2, 0.25) is 5.75 Å². The molecule has 2 aromatic carbocycles. The van der Waals surface area contributed by atoms with Crippen LogP contribution in [0.25, 0.3) is 6.08 Å². The first kappa shape index (κ1) is 28.6. The van der Waals surface area contributed by atoms with E-state index in [9.17, 15) is 20.2 Å². The number of methoxy groups -OCH3 is 1. The Morgan fingerprint density at radius 1 is 1.05 bits per heavy atom. The second kappa shape index (κ2) is 12.5. The molecule has 200 valence electrons. The van der Waals surface area contributed by atoms with Crippen molar-refractivity contribution in [3.63, 3.8) is 0 Å². The van der Waals surface area contributed by atoms with Crippen LogP contribution in [0, 0.1) is 54.2 Å². The van der Waals surface area contributed by atoms with Crippen LogP contribution in [-0.2, 0) is 0 Å². The molecule has 1 unspecified atom stereocenters. The molecular weight excluding hydrogens is 500 g/mol. The predicted octanol–water partition coefficient (Wildman–Crippen LogP) is 7.43. The van der Waals surface area contributed by atoms with Crippen LogP contribution in [0.5, 0.6) is 17.2 Å². The molecule has 10 nitrogen and oxygen atoms in total. The van der Waals surface area contributed by atoms with Gasteiger partial charge in [-0.3, -0.25) is 20.2 Å². The zero-order valence-corrected chi connectivity index (χ0v) is 21.9. The highest BCUT2D eigenvalue weighted by Gasteiger charge is 2.27. The van der Waals surface area contributed by atoms with E-state index in [1.165, 1.54) is 18.7 Å². The largest absolute Gasteiger partial charge is 0.493 e. The van der Waals surface area contributed by atoms with Crippen LogP contribution in [0.1, 0.15) is 45.1 Å². The Labute approximate surface area is 226 Å². The Kier molecular flexibility index (Phi) is 9.19. The van der Waals surface area contributed by atoms with Crippen LogP contribution in [-0.4, -0.2) is 17.0 Å². The molecule has 0 spiro atoms. The zero-order valence-electron chi connectivity index (χ0n) is 21.9. The SMILES string of the molecule is COc1cc(/C=C/C2=CC(CCC=C(C#N)C#N)CC(C)(C)C2)ccc1Oc1ccc([N+](=O)[O-])cc1[N+](=O)[O-]. The minimum Gasteiger partial charge on any atom is -0.493 e. The fourth-order valence-electron chi connectivity index (χ4n) is 4.66. The summed E-state index contributed by atoms with van der Waals surface area (Å²) in [4.78, 5) is 21.0. The maximum Gasteiger partial charge on any atom is 0.318 e. The summed E-state index contributed by atoms with van der Waals surface area (Å²) in [5.74, 6) is 0.760. The number of benzene rings is 2. The predicted molar refractivity (Wildman–Crippen MR) is 145 cm³/mol. The Morgan fingerprint density at radius 2 is 1.77 bits per heavy atom. The number of non-ortho nitro benzene ring substituents is 1. The summed E-state index contributed by atoms with van der Waals surface area (Å²) in [6.45, 7) is 4.44. The third-order valence-electron chi connectivity index (χ3n) is 6.32. The molecule has 3 rings (SSSR count). The Bertz CT molecular complexity index is 1430. The molecule has 0 heterocycles. The first-order chi connectivity index (χ1) is 18.5. The summed E-state index contributed by atoms with van der Waals surface area (Å²) in [6.07, 6.45) is 11.4. The summed E-state index contributed by atoms with van der Waals surface area (Å²) >= 11 is 0. The molecule has 0 aliphatic heterocycles. The van der Waals surface area contributed by atoms with E-state index in [1.54, 1.807) is 24.3 Å². The van der Waals surface area contributed by atoms with E-state index < -0.39 is 21.2 Å². The highest BCUT2D eigenvalue weighted by Crippen LogP contribution is 2.41. The normalized spacial score (nSPS) is 15.9. The average Bonchev–Trinajstić information content (AvgIpc) is 2.89. The third-order valence-corrected chi connectivity index (χ3v) is 6.32. The fraction of sp³-hybridized carbons (Fsp3) is 0.310. The van der Waals surface area contributed by atoms with Gasteiger partial charge in [-0.25, -0.2) is 0 Å². The monoisotopic (exact) mass is 528 g/mol. The number of nitro benzene ring substituents is 2. The number of hydrogen-bond acceptors (Lipinski definition) is 8. The number of nitro groups is 2. The molecule has 0 fully saturated rings. The Balaban J connectivity index is 1.80. The van der Waals surface area contributed by atoms with E-state index >= 15 is 0 Å². The van der Waals surface area contributed by atoms with Crippen LogP contribution in [0.4, 0.5) is 11.4 Å². The van der Waals surface area contributed by atoms with E-state index in [0.29, 0.717) is 18.1 Å². The van der Waals surface area contributed by atoms with Crippen molar-refractivity contribution in [3.8, 4) is 29.4 Å². The molecule has 0 N–H and O–H groups in total. The standard InChI is InChI=1S/C29H28N4O6/c1-29(2)16-21(5-4-6-23(18-30)19-31)13-22(17-29)8-7-20-9-11-27(28(14-20)38-3)39-26-12-10-24(32(34)35)15-25(26)33(36)37/h6-15,21H,4-5,16-17H2,1-3H3/b8-7+. The second-order valence-corrected chi connectivity index (χ2v) is 9.98. The molecule has 1 atom stereocenters. The highest BCUT2D eigenvalue weighted by molar-refractivity contribution is 5.60. The van der Waals surface area contributed by atoms with Crippen molar-refractivity contribution in [2.75, 3.05) is 7.11 Å². The molecule has 2 aromatic rings. The molecule has 0 amide bonds. The molecule has 0 radical (unpaired) electrons. The zero-order chi connectivity index (χ0) is 28.6. The van der Waals surface area contributed by atoms with Gasteiger partial charge in [-0.2, -0.15) is 10.5 Å². The topological polar surface area (TPSA) is 152 Å². The van der Waals surface area contributed by atoms with Gasteiger partial charge in [-0.15, -0.1) is 0 Å². The van der Waals surface area contributed by atoms with E-state index in [-0.39, 0.29) is 22.5 Å². The number of allylic oxidation sites excluding steroid dienone is 5. The minimum absolute atomic E-state index is 0.102. The maximum absolute atomic E-state index is 11.4. The fourth-order valence-corrected chi connectivity index (χ4v) is 4.66. The minimum atomic E-state index is -0.735. The molecule has 39 heavy (non-hydrogen) atoms. The lowest BCUT2D eigenvalue weighted by Gasteiger charge is -2.34. The van der Waals surface area contributed by atoms with Crippen molar-refractivity contribution in [2.24, 2.45) is 11.3 Å². The van der Waals surface area contributed by atoms with Gasteiger partial charge in [-0.1, -0.05) is 49.8 Å². The van der Waals surface area contributed by atoms with Crippen LogP contribution < -0.4 is 9.47 Å². The molecule has 0 saturated heterocycles. The quantitative estimate of drug-likeness (QED) is 0.175. The lowest BCUT2D eigenvalue weighted by atomic mass is 9.71. The smallest absolute Gasteiger partial charge is 0.318 e. The molecule has 0 bridgehead atoms. The van der Waals surface area contributed by atoms with Crippen LogP contribution in [0.2, 0.25) is 0 Å². The van der Waals surface area contributed by atoms with Gasteiger partial charge in [-0.05, 0) is 60.8 Å². The first-order valence-corrected chi connectivity index (χ1v) is 12.2. The van der Waals surface area contributed by atoms with Crippen molar-refractivity contribution in [1.82, 2.24) is 0 Å². The number of hydrogen-bond donors (Lipinski definition) is 0. The van der Waals surface area contributed by atoms with E-state index in [2.05, 4.69) is 26.0 Å². The summed E-state index contributed by atoms with van der Waals surface area (Å²) in [6, 6.07) is 12.1. The molecule has 10 heteroatoms. The van der Waals surface area contributed by atoms with Gasteiger partial charge in [0.25, 0.3) is 5.69 Å². The van der Waals surface area contributed by atoms with E-state index in [1.807, 2.05) is 18.2 Å². The number of nitrogens with zero attached hydrogens (tertiary/aromatic N) is 4. The van der Waals surface area contributed by atoms with Crippen molar-refractivity contribution in [3.05, 3.63) is 91.6 Å². The lowest BCUT2D eigenvalue weighted by molar-refractivity contribution is -0.394.